The molecule has 2 nitrogen and oxygen atoms in total. The van der Waals surface area contributed by atoms with Crippen molar-refractivity contribution in [3.8, 4) is 0 Å². The number of unbranched alkanes of at least 4 members (excludes halogenated alkanes) is 1. The van der Waals surface area contributed by atoms with Gasteiger partial charge in [-0.1, -0.05) is 75.9 Å². The first-order valence-corrected chi connectivity index (χ1v) is 10.4. The van der Waals surface area contributed by atoms with E-state index in [9.17, 15) is 5.11 Å². The second-order valence-corrected chi connectivity index (χ2v) is 7.67. The van der Waals surface area contributed by atoms with Crippen molar-refractivity contribution in [3.05, 3.63) is 47.5 Å². The van der Waals surface area contributed by atoms with Crippen molar-refractivity contribution in [3.63, 3.8) is 0 Å². The third kappa shape index (κ3) is 5.82. The fraction of sp³-hybridized carbons (Fsp3) is 0.583. The van der Waals surface area contributed by atoms with Crippen molar-refractivity contribution in [2.75, 3.05) is 13.2 Å². The van der Waals surface area contributed by atoms with E-state index in [1.807, 2.05) is 0 Å². The number of fused-ring (bicyclic) bond motifs is 1. The van der Waals surface area contributed by atoms with Crippen LogP contribution in [0.2, 0.25) is 0 Å². The van der Waals surface area contributed by atoms with Gasteiger partial charge in [-0.25, -0.2) is 0 Å². The van der Waals surface area contributed by atoms with Gasteiger partial charge in [0, 0.05) is 13.2 Å². The number of hydrogen-bond donors (Lipinski definition) is 2. The summed E-state index contributed by atoms with van der Waals surface area (Å²) in [7, 11) is 0. The molecule has 0 amide bonds. The van der Waals surface area contributed by atoms with Crippen LogP contribution in [0, 0.1) is 11.8 Å². The van der Waals surface area contributed by atoms with Crippen molar-refractivity contribution >= 4 is 10.8 Å². The normalized spacial score (nSPS) is 13.8. The molecule has 0 aromatic heterocycles. The Balaban J connectivity index is 2.24. The summed E-state index contributed by atoms with van der Waals surface area (Å²) in [6, 6.07) is 13.3. The monoisotopic (exact) mass is 356 g/mol. The maximum absolute atomic E-state index is 9.69. The van der Waals surface area contributed by atoms with Crippen LogP contribution in [0.5, 0.6) is 0 Å². The van der Waals surface area contributed by atoms with Crippen LogP contribution in [0.3, 0.4) is 0 Å². The molecule has 2 heteroatoms. The van der Waals surface area contributed by atoms with E-state index in [0.717, 1.165) is 31.6 Å². The summed E-state index contributed by atoms with van der Waals surface area (Å²) >= 11 is 0. The molecule has 0 aliphatic rings. The summed E-state index contributed by atoms with van der Waals surface area (Å²) < 4.78 is 0. The molecule has 2 atom stereocenters. The summed E-state index contributed by atoms with van der Waals surface area (Å²) in [6.45, 7) is 4.96. The van der Waals surface area contributed by atoms with E-state index in [1.54, 1.807) is 0 Å². The van der Waals surface area contributed by atoms with E-state index >= 15 is 0 Å². The average Bonchev–Trinajstić information content (AvgIpc) is 2.68. The Labute approximate surface area is 159 Å². The van der Waals surface area contributed by atoms with E-state index in [4.69, 9.17) is 5.11 Å². The van der Waals surface area contributed by atoms with Crippen LogP contribution in [-0.4, -0.2) is 23.4 Å². The summed E-state index contributed by atoms with van der Waals surface area (Å²) in [5.74, 6) is 0.989. The van der Waals surface area contributed by atoms with Crippen LogP contribution >= 0.6 is 0 Å². The fourth-order valence-electron chi connectivity index (χ4n) is 4.00. The van der Waals surface area contributed by atoms with Crippen LogP contribution in [0.25, 0.3) is 10.8 Å². The maximum Gasteiger partial charge on any atom is 0.0462 e. The number of aliphatic hydroxyl groups is 2. The van der Waals surface area contributed by atoms with Crippen molar-refractivity contribution in [1.82, 2.24) is 0 Å². The molecule has 2 unspecified atom stereocenters. The minimum absolute atomic E-state index is 0.186. The SMILES string of the molecule is CCCCC(CC)Cc1cccc2c(CC(CO)CCCO)cccc12. The zero-order valence-corrected chi connectivity index (χ0v) is 16.6. The van der Waals surface area contributed by atoms with Crippen molar-refractivity contribution in [1.29, 1.82) is 0 Å². The van der Waals surface area contributed by atoms with Crippen LogP contribution in [0.4, 0.5) is 0 Å². The first-order chi connectivity index (χ1) is 12.7. The molecule has 2 aromatic rings. The third-order valence-corrected chi connectivity index (χ3v) is 5.69. The minimum atomic E-state index is 0.186. The van der Waals surface area contributed by atoms with Crippen LogP contribution in [-0.2, 0) is 12.8 Å². The number of benzene rings is 2. The molecule has 2 rings (SSSR count). The molecule has 144 valence electrons. The number of rotatable bonds is 12. The van der Waals surface area contributed by atoms with Crippen LogP contribution < -0.4 is 0 Å². The Morgan fingerprint density at radius 1 is 0.769 bits per heavy atom. The number of hydrogen-bond acceptors (Lipinski definition) is 2. The summed E-state index contributed by atoms with van der Waals surface area (Å²) in [5, 5.41) is 21.5. The summed E-state index contributed by atoms with van der Waals surface area (Å²) in [4.78, 5) is 0. The molecule has 0 heterocycles. The topological polar surface area (TPSA) is 40.5 Å². The van der Waals surface area contributed by atoms with Crippen molar-refractivity contribution < 1.29 is 10.2 Å². The van der Waals surface area contributed by atoms with E-state index in [1.165, 1.54) is 47.6 Å². The third-order valence-electron chi connectivity index (χ3n) is 5.69. The Hall–Kier alpha value is -1.38. The second-order valence-electron chi connectivity index (χ2n) is 7.67. The molecule has 0 aliphatic carbocycles. The maximum atomic E-state index is 9.69. The Morgan fingerprint density at radius 2 is 1.35 bits per heavy atom. The highest BCUT2D eigenvalue weighted by molar-refractivity contribution is 5.88. The van der Waals surface area contributed by atoms with Gasteiger partial charge in [-0.3, -0.25) is 0 Å². The fourth-order valence-corrected chi connectivity index (χ4v) is 4.00. The Bertz CT molecular complexity index is 592. The van der Waals surface area contributed by atoms with E-state index in [2.05, 4.69) is 50.2 Å². The van der Waals surface area contributed by atoms with Crippen molar-refractivity contribution in [2.45, 2.75) is 65.2 Å². The lowest BCUT2D eigenvalue weighted by Gasteiger charge is -2.18. The van der Waals surface area contributed by atoms with Gasteiger partial charge in [0.1, 0.15) is 0 Å². The Morgan fingerprint density at radius 3 is 1.85 bits per heavy atom. The molecule has 0 bridgehead atoms. The van der Waals surface area contributed by atoms with Crippen molar-refractivity contribution in [2.24, 2.45) is 11.8 Å². The minimum Gasteiger partial charge on any atom is -0.396 e. The summed E-state index contributed by atoms with van der Waals surface area (Å²) in [5.41, 5.74) is 2.78. The smallest absolute Gasteiger partial charge is 0.0462 e. The van der Waals surface area contributed by atoms with Gasteiger partial charge >= 0.3 is 0 Å². The highest BCUT2D eigenvalue weighted by Gasteiger charge is 2.13. The molecule has 0 saturated heterocycles. The van der Waals surface area contributed by atoms with Gasteiger partial charge in [-0.15, -0.1) is 0 Å². The van der Waals surface area contributed by atoms with E-state index in [-0.39, 0.29) is 19.1 Å². The zero-order chi connectivity index (χ0) is 18.8. The van der Waals surface area contributed by atoms with Gasteiger partial charge in [0.05, 0.1) is 0 Å². The van der Waals surface area contributed by atoms with Gasteiger partial charge in [0.15, 0.2) is 0 Å². The molecule has 2 N–H and O–H groups in total. The number of aliphatic hydroxyl groups excluding tert-OH is 2. The van der Waals surface area contributed by atoms with E-state index < -0.39 is 0 Å². The molecular weight excluding hydrogens is 320 g/mol. The first kappa shape index (κ1) is 20.9. The predicted molar refractivity (Wildman–Crippen MR) is 112 cm³/mol. The van der Waals surface area contributed by atoms with Crippen LogP contribution in [0.1, 0.15) is 63.5 Å². The quantitative estimate of drug-likeness (QED) is 0.525. The molecule has 2 aromatic carbocycles. The molecule has 0 saturated carbocycles. The largest absolute Gasteiger partial charge is 0.396 e. The molecule has 0 aliphatic heterocycles. The van der Waals surface area contributed by atoms with Crippen LogP contribution in [0.15, 0.2) is 36.4 Å². The average molecular weight is 357 g/mol. The van der Waals surface area contributed by atoms with Gasteiger partial charge < -0.3 is 10.2 Å². The predicted octanol–water partition coefficient (Wildman–Crippen LogP) is 5.52. The molecule has 26 heavy (non-hydrogen) atoms. The molecule has 0 fully saturated rings. The summed E-state index contributed by atoms with van der Waals surface area (Å²) in [6.07, 6.45) is 8.81. The van der Waals surface area contributed by atoms with Gasteiger partial charge in [-0.2, -0.15) is 0 Å². The molecule has 0 spiro atoms. The zero-order valence-electron chi connectivity index (χ0n) is 16.6. The van der Waals surface area contributed by atoms with Gasteiger partial charge in [0.2, 0.25) is 0 Å². The molecular formula is C24H36O2. The highest BCUT2D eigenvalue weighted by atomic mass is 16.3. The Kier molecular flexibility index (Phi) is 9.14. The molecule has 0 radical (unpaired) electrons. The lowest BCUT2D eigenvalue weighted by atomic mass is 9.87. The lowest BCUT2D eigenvalue weighted by Crippen LogP contribution is -2.11. The standard InChI is InChI=1S/C24H36O2/c1-3-5-9-19(4-2)16-21-11-6-14-24-22(12-7-13-23(21)24)17-20(18-26)10-8-15-25/h6-7,11-14,19-20,25-26H,3-5,8-10,15-18H2,1-2H3. The lowest BCUT2D eigenvalue weighted by molar-refractivity contribution is 0.201. The van der Waals surface area contributed by atoms with Gasteiger partial charge in [-0.05, 0) is 59.4 Å². The first-order valence-electron chi connectivity index (χ1n) is 10.4. The highest BCUT2D eigenvalue weighted by Crippen LogP contribution is 2.28. The van der Waals surface area contributed by atoms with Gasteiger partial charge in [0.25, 0.3) is 0 Å². The van der Waals surface area contributed by atoms with E-state index in [0.29, 0.717) is 0 Å². The second kappa shape index (κ2) is 11.4.